The van der Waals surface area contributed by atoms with Crippen molar-refractivity contribution in [2.75, 3.05) is 6.61 Å². The average Bonchev–Trinajstić information content (AvgIpc) is 2.24. The highest BCUT2D eigenvalue weighted by molar-refractivity contribution is 14.1. The molecule has 0 atom stereocenters. The Kier molecular flexibility index (Phi) is 5.55. The van der Waals surface area contributed by atoms with E-state index in [1.165, 1.54) is 6.33 Å². The number of hydrogen-bond donors (Lipinski definition) is 1. The predicted octanol–water partition coefficient (Wildman–Crippen LogP) is 1.66. The number of hydrogen-bond acceptors (Lipinski definition) is 3. The van der Waals surface area contributed by atoms with Crippen LogP contribution >= 0.6 is 34.2 Å². The Labute approximate surface area is 106 Å². The molecule has 1 N–H and O–H groups in total. The van der Waals surface area contributed by atoms with Crippen LogP contribution in [0.25, 0.3) is 0 Å². The van der Waals surface area contributed by atoms with Crippen molar-refractivity contribution in [3.63, 3.8) is 0 Å². The molecule has 0 saturated carbocycles. The highest BCUT2D eigenvalue weighted by Crippen LogP contribution is 2.09. The summed E-state index contributed by atoms with van der Waals surface area (Å²) in [5, 5.41) is 8.86. The quantitative estimate of drug-likeness (QED) is 0.503. The molecule has 1 aromatic heterocycles. The summed E-state index contributed by atoms with van der Waals surface area (Å²) in [5.74, 6) is 0. The minimum Gasteiger partial charge on any atom is -0.396 e. The maximum absolute atomic E-state index is 11.6. The Balaban J connectivity index is 2.63. The molecule has 4 nitrogen and oxygen atoms in total. The van der Waals surface area contributed by atoms with Crippen molar-refractivity contribution >= 4 is 34.2 Å². The highest BCUT2D eigenvalue weighted by atomic mass is 127. The van der Waals surface area contributed by atoms with Gasteiger partial charge in [0, 0.05) is 13.2 Å². The average molecular weight is 343 g/mol. The number of rotatable bonds is 5. The van der Waals surface area contributed by atoms with Gasteiger partial charge in [0.25, 0.3) is 5.56 Å². The summed E-state index contributed by atoms with van der Waals surface area (Å²) < 4.78 is 2.00. The maximum atomic E-state index is 11.6. The first-order chi connectivity index (χ1) is 7.16. The third-order valence-corrected chi connectivity index (χ3v) is 3.58. The lowest BCUT2D eigenvalue weighted by Gasteiger charge is -2.05. The summed E-state index contributed by atoms with van der Waals surface area (Å²) in [4.78, 5) is 15.5. The number of unbranched alkanes of at least 4 members (excludes halogenated alkanes) is 2. The van der Waals surface area contributed by atoms with Crippen LogP contribution in [0.4, 0.5) is 0 Å². The number of aryl methyl sites for hydroxylation is 1. The molecule has 6 heteroatoms. The Morgan fingerprint density at radius 2 is 2.20 bits per heavy atom. The standard InChI is InChI=1S/C9H12ClIN2O2/c10-8-7(11)9(15)13(6-12-8)4-2-1-3-5-14/h6,14H,1-5H2. The van der Waals surface area contributed by atoms with E-state index in [2.05, 4.69) is 4.98 Å². The van der Waals surface area contributed by atoms with Gasteiger partial charge in [-0.05, 0) is 41.9 Å². The van der Waals surface area contributed by atoms with Crippen molar-refractivity contribution in [3.05, 3.63) is 25.4 Å². The molecular weight excluding hydrogens is 330 g/mol. The second-order valence-electron chi connectivity index (χ2n) is 3.13. The molecule has 0 radical (unpaired) electrons. The summed E-state index contributed by atoms with van der Waals surface area (Å²) in [6, 6.07) is 0. The van der Waals surface area contributed by atoms with Gasteiger partial charge in [-0.15, -0.1) is 0 Å². The maximum Gasteiger partial charge on any atom is 0.268 e. The van der Waals surface area contributed by atoms with Gasteiger partial charge in [-0.25, -0.2) is 4.98 Å². The largest absolute Gasteiger partial charge is 0.396 e. The van der Waals surface area contributed by atoms with E-state index in [-0.39, 0.29) is 17.3 Å². The van der Waals surface area contributed by atoms with Gasteiger partial charge in [0.2, 0.25) is 0 Å². The first kappa shape index (κ1) is 12.9. The van der Waals surface area contributed by atoms with Crippen LogP contribution in [-0.2, 0) is 6.54 Å². The van der Waals surface area contributed by atoms with Crippen molar-refractivity contribution in [1.29, 1.82) is 0 Å². The van der Waals surface area contributed by atoms with E-state index >= 15 is 0 Å². The monoisotopic (exact) mass is 342 g/mol. The number of nitrogens with zero attached hydrogens (tertiary/aromatic N) is 2. The second kappa shape index (κ2) is 6.44. The normalized spacial score (nSPS) is 10.6. The Bertz CT molecular complexity index is 381. The molecule has 0 unspecified atom stereocenters. The molecule has 0 amide bonds. The molecule has 0 aromatic carbocycles. The lowest BCUT2D eigenvalue weighted by molar-refractivity contribution is 0.281. The Hall–Kier alpha value is -0.140. The van der Waals surface area contributed by atoms with Crippen LogP contribution in [0.15, 0.2) is 11.1 Å². The van der Waals surface area contributed by atoms with Crippen molar-refractivity contribution in [2.24, 2.45) is 0 Å². The lowest BCUT2D eigenvalue weighted by atomic mass is 10.2. The van der Waals surface area contributed by atoms with Crippen LogP contribution in [0.1, 0.15) is 19.3 Å². The molecular formula is C9H12ClIN2O2. The minimum absolute atomic E-state index is 0.0976. The topological polar surface area (TPSA) is 55.1 Å². The van der Waals surface area contributed by atoms with Crippen molar-refractivity contribution < 1.29 is 5.11 Å². The summed E-state index contributed by atoms with van der Waals surface area (Å²) in [6.07, 6.45) is 4.00. The SMILES string of the molecule is O=c1c(I)c(Cl)ncn1CCCCCO. The molecule has 0 aliphatic heterocycles. The molecule has 1 aromatic rings. The Morgan fingerprint density at radius 1 is 1.47 bits per heavy atom. The summed E-state index contributed by atoms with van der Waals surface area (Å²) >= 11 is 7.60. The van der Waals surface area contributed by atoms with Crippen molar-refractivity contribution in [1.82, 2.24) is 9.55 Å². The summed E-state index contributed by atoms with van der Waals surface area (Å²) in [5.41, 5.74) is -0.0976. The fourth-order valence-corrected chi connectivity index (χ4v) is 1.75. The number of aromatic nitrogens is 2. The van der Waals surface area contributed by atoms with E-state index in [1.807, 2.05) is 22.6 Å². The van der Waals surface area contributed by atoms with E-state index in [0.29, 0.717) is 10.1 Å². The molecule has 0 fully saturated rings. The van der Waals surface area contributed by atoms with Crippen LogP contribution in [-0.4, -0.2) is 21.3 Å². The van der Waals surface area contributed by atoms with E-state index in [9.17, 15) is 4.79 Å². The van der Waals surface area contributed by atoms with Crippen LogP contribution in [0, 0.1) is 3.57 Å². The molecule has 0 aliphatic carbocycles. The van der Waals surface area contributed by atoms with E-state index in [1.54, 1.807) is 4.57 Å². The first-order valence-electron chi connectivity index (χ1n) is 4.68. The minimum atomic E-state index is -0.0976. The van der Waals surface area contributed by atoms with Gasteiger partial charge < -0.3 is 5.11 Å². The first-order valence-corrected chi connectivity index (χ1v) is 6.13. The highest BCUT2D eigenvalue weighted by Gasteiger charge is 2.05. The van der Waals surface area contributed by atoms with Crippen LogP contribution in [0.2, 0.25) is 5.15 Å². The van der Waals surface area contributed by atoms with Gasteiger partial charge in [-0.1, -0.05) is 11.6 Å². The third-order valence-electron chi connectivity index (χ3n) is 2.00. The van der Waals surface area contributed by atoms with Gasteiger partial charge in [-0.3, -0.25) is 9.36 Å². The smallest absolute Gasteiger partial charge is 0.268 e. The Morgan fingerprint density at radius 3 is 2.87 bits per heavy atom. The van der Waals surface area contributed by atoms with Crippen molar-refractivity contribution in [3.8, 4) is 0 Å². The lowest BCUT2D eigenvalue weighted by Crippen LogP contribution is -2.23. The van der Waals surface area contributed by atoms with Gasteiger partial charge >= 0.3 is 0 Å². The molecule has 1 heterocycles. The fraction of sp³-hybridized carbons (Fsp3) is 0.556. The van der Waals surface area contributed by atoms with Gasteiger partial charge in [0.1, 0.15) is 8.72 Å². The van der Waals surface area contributed by atoms with Crippen LogP contribution < -0.4 is 5.56 Å². The van der Waals surface area contributed by atoms with Crippen LogP contribution in [0.3, 0.4) is 0 Å². The van der Waals surface area contributed by atoms with Gasteiger partial charge in [0.15, 0.2) is 0 Å². The zero-order chi connectivity index (χ0) is 11.3. The number of aliphatic hydroxyl groups is 1. The molecule has 0 bridgehead atoms. The number of halogens is 2. The van der Waals surface area contributed by atoms with Gasteiger partial charge in [0.05, 0.1) is 6.33 Å². The molecule has 0 aliphatic rings. The molecule has 0 spiro atoms. The van der Waals surface area contributed by atoms with E-state index < -0.39 is 0 Å². The fourth-order valence-electron chi connectivity index (χ4n) is 1.17. The molecule has 15 heavy (non-hydrogen) atoms. The van der Waals surface area contributed by atoms with E-state index in [4.69, 9.17) is 16.7 Å². The molecule has 84 valence electrons. The second-order valence-corrected chi connectivity index (χ2v) is 4.57. The number of aliphatic hydroxyl groups excluding tert-OH is 1. The summed E-state index contributed by atoms with van der Waals surface area (Å²) in [7, 11) is 0. The predicted molar refractivity (Wildman–Crippen MR) is 67.2 cm³/mol. The molecule has 0 saturated heterocycles. The van der Waals surface area contributed by atoms with Crippen LogP contribution in [0.5, 0.6) is 0 Å². The summed E-state index contributed by atoms with van der Waals surface area (Å²) in [6.45, 7) is 0.824. The zero-order valence-electron chi connectivity index (χ0n) is 8.12. The van der Waals surface area contributed by atoms with E-state index in [0.717, 1.165) is 19.3 Å². The molecule has 1 rings (SSSR count). The third kappa shape index (κ3) is 3.73. The van der Waals surface area contributed by atoms with Gasteiger partial charge in [-0.2, -0.15) is 0 Å². The van der Waals surface area contributed by atoms with Crippen molar-refractivity contribution in [2.45, 2.75) is 25.8 Å². The zero-order valence-corrected chi connectivity index (χ0v) is 11.0.